The molecule has 0 amide bonds. The third-order valence-electron chi connectivity index (χ3n) is 2.20. The van der Waals surface area contributed by atoms with Gasteiger partial charge in [0.2, 0.25) is 0 Å². The van der Waals surface area contributed by atoms with Crippen LogP contribution in [0.2, 0.25) is 0 Å². The van der Waals surface area contributed by atoms with Crippen molar-refractivity contribution < 1.29 is 19.3 Å². The van der Waals surface area contributed by atoms with E-state index in [0.717, 1.165) is 0 Å². The third-order valence-corrected chi connectivity index (χ3v) is 2.20. The molecule has 72 valence electrons. The van der Waals surface area contributed by atoms with Crippen molar-refractivity contribution in [3.05, 3.63) is 0 Å². The average Bonchev–Trinajstić information content (AvgIpc) is 2.08. The topological polar surface area (TPSA) is 47.9 Å². The second-order valence-corrected chi connectivity index (χ2v) is 3.02. The van der Waals surface area contributed by atoms with Crippen molar-refractivity contribution in [2.24, 2.45) is 0 Å². The fourth-order valence-corrected chi connectivity index (χ4v) is 1.43. The number of aliphatic hydroxyl groups excluding tert-OH is 1. The molecule has 4 nitrogen and oxygen atoms in total. The lowest BCUT2D eigenvalue weighted by molar-refractivity contribution is -0.255. The molecule has 1 rings (SSSR count). The molecule has 4 atom stereocenters. The summed E-state index contributed by atoms with van der Waals surface area (Å²) < 4.78 is 15.4. The number of hydrogen-bond acceptors (Lipinski definition) is 4. The molecule has 0 aliphatic carbocycles. The molecular weight excluding hydrogens is 160 g/mol. The van der Waals surface area contributed by atoms with Gasteiger partial charge in [-0.25, -0.2) is 0 Å². The second-order valence-electron chi connectivity index (χ2n) is 3.02. The van der Waals surface area contributed by atoms with Crippen molar-refractivity contribution in [1.29, 1.82) is 0 Å². The van der Waals surface area contributed by atoms with Crippen LogP contribution in [-0.2, 0) is 14.2 Å². The molecule has 0 bridgehead atoms. The summed E-state index contributed by atoms with van der Waals surface area (Å²) in [6.45, 7) is 1.91. The highest BCUT2D eigenvalue weighted by Crippen LogP contribution is 2.22. The first-order chi connectivity index (χ1) is 5.69. The molecule has 12 heavy (non-hydrogen) atoms. The monoisotopic (exact) mass is 176 g/mol. The van der Waals surface area contributed by atoms with Gasteiger partial charge < -0.3 is 19.3 Å². The van der Waals surface area contributed by atoms with E-state index in [1.807, 2.05) is 6.92 Å². The van der Waals surface area contributed by atoms with Crippen molar-refractivity contribution >= 4 is 0 Å². The molecule has 0 saturated carbocycles. The minimum Gasteiger partial charge on any atom is -0.388 e. The molecule has 0 unspecified atom stereocenters. The lowest BCUT2D eigenvalue weighted by atomic mass is 10.0. The summed E-state index contributed by atoms with van der Waals surface area (Å²) >= 11 is 0. The average molecular weight is 176 g/mol. The van der Waals surface area contributed by atoms with Crippen LogP contribution in [0.4, 0.5) is 0 Å². The van der Waals surface area contributed by atoms with E-state index in [1.165, 1.54) is 7.11 Å². The number of methoxy groups -OCH3 is 2. The molecule has 1 aliphatic heterocycles. The Balaban J connectivity index is 2.49. The first kappa shape index (κ1) is 9.92. The van der Waals surface area contributed by atoms with E-state index in [4.69, 9.17) is 14.2 Å². The van der Waals surface area contributed by atoms with Gasteiger partial charge in [-0.3, -0.25) is 0 Å². The molecule has 1 fully saturated rings. The standard InChI is InChI=1S/C8H16O4/c1-5-7(10-2)4-6(9)8(11-3)12-5/h5-9H,4H2,1-3H3/t5-,6+,7+,8+/m0/s1. The predicted octanol–water partition coefficient (Wildman–Crippen LogP) is 0.144. The maximum atomic E-state index is 9.46. The van der Waals surface area contributed by atoms with E-state index in [1.54, 1.807) is 7.11 Å². The van der Waals surface area contributed by atoms with Crippen LogP contribution in [0.15, 0.2) is 0 Å². The van der Waals surface area contributed by atoms with Crippen LogP contribution >= 0.6 is 0 Å². The predicted molar refractivity (Wildman–Crippen MR) is 42.8 cm³/mol. The minimum atomic E-state index is -0.587. The number of aliphatic hydroxyl groups is 1. The van der Waals surface area contributed by atoms with Crippen molar-refractivity contribution in [3.8, 4) is 0 Å². The largest absolute Gasteiger partial charge is 0.388 e. The van der Waals surface area contributed by atoms with Crippen LogP contribution in [0.5, 0.6) is 0 Å². The molecule has 0 aromatic heterocycles. The Bertz CT molecular complexity index is 123. The summed E-state index contributed by atoms with van der Waals surface area (Å²) in [7, 11) is 3.14. The molecule has 1 saturated heterocycles. The van der Waals surface area contributed by atoms with Crippen LogP contribution in [0.1, 0.15) is 13.3 Å². The van der Waals surface area contributed by atoms with Crippen molar-refractivity contribution in [2.45, 2.75) is 37.9 Å². The van der Waals surface area contributed by atoms with Crippen molar-refractivity contribution in [1.82, 2.24) is 0 Å². The Kier molecular flexibility index (Phi) is 3.46. The molecule has 0 spiro atoms. The summed E-state index contributed by atoms with van der Waals surface area (Å²) in [5.74, 6) is 0. The summed E-state index contributed by atoms with van der Waals surface area (Å²) in [5.41, 5.74) is 0. The van der Waals surface area contributed by atoms with Crippen LogP contribution in [0.25, 0.3) is 0 Å². The van der Waals surface area contributed by atoms with Gasteiger partial charge >= 0.3 is 0 Å². The van der Waals surface area contributed by atoms with E-state index in [0.29, 0.717) is 6.42 Å². The first-order valence-corrected chi connectivity index (χ1v) is 4.08. The molecule has 0 aromatic rings. The van der Waals surface area contributed by atoms with Gasteiger partial charge in [0.1, 0.15) is 6.10 Å². The van der Waals surface area contributed by atoms with E-state index in [-0.39, 0.29) is 12.2 Å². The Morgan fingerprint density at radius 3 is 2.50 bits per heavy atom. The van der Waals surface area contributed by atoms with E-state index in [2.05, 4.69) is 0 Å². The summed E-state index contributed by atoms with van der Waals surface area (Å²) in [6.07, 6.45) is -0.590. The Morgan fingerprint density at radius 1 is 1.33 bits per heavy atom. The van der Waals surface area contributed by atoms with Gasteiger partial charge in [-0.05, 0) is 6.92 Å². The van der Waals surface area contributed by atoms with Gasteiger partial charge in [-0.2, -0.15) is 0 Å². The normalized spacial score (nSPS) is 43.0. The fraction of sp³-hybridized carbons (Fsp3) is 1.00. The minimum absolute atomic E-state index is 0.0247. The van der Waals surface area contributed by atoms with Gasteiger partial charge in [0.25, 0.3) is 0 Å². The smallest absolute Gasteiger partial charge is 0.183 e. The van der Waals surface area contributed by atoms with Crippen LogP contribution in [-0.4, -0.2) is 43.9 Å². The van der Waals surface area contributed by atoms with Crippen LogP contribution in [0.3, 0.4) is 0 Å². The third kappa shape index (κ3) is 1.95. The summed E-state index contributed by atoms with van der Waals surface area (Å²) in [4.78, 5) is 0. The number of rotatable bonds is 2. The molecule has 0 aromatic carbocycles. The van der Waals surface area contributed by atoms with E-state index < -0.39 is 12.4 Å². The summed E-state index contributed by atoms with van der Waals surface area (Å²) in [6, 6.07) is 0. The maximum absolute atomic E-state index is 9.46. The molecule has 1 heterocycles. The highest BCUT2D eigenvalue weighted by molar-refractivity contribution is 4.79. The van der Waals surface area contributed by atoms with E-state index in [9.17, 15) is 5.11 Å². The molecule has 1 aliphatic rings. The lowest BCUT2D eigenvalue weighted by Gasteiger charge is -2.36. The van der Waals surface area contributed by atoms with Crippen molar-refractivity contribution in [3.63, 3.8) is 0 Å². The highest BCUT2D eigenvalue weighted by atomic mass is 16.7. The molecule has 1 N–H and O–H groups in total. The van der Waals surface area contributed by atoms with Gasteiger partial charge in [0.05, 0.1) is 12.2 Å². The summed E-state index contributed by atoms with van der Waals surface area (Å²) in [5, 5.41) is 9.46. The zero-order valence-corrected chi connectivity index (χ0v) is 7.69. The quantitative estimate of drug-likeness (QED) is 0.650. The van der Waals surface area contributed by atoms with Gasteiger partial charge in [0, 0.05) is 20.6 Å². The van der Waals surface area contributed by atoms with Crippen molar-refractivity contribution in [2.75, 3.05) is 14.2 Å². The van der Waals surface area contributed by atoms with Gasteiger partial charge in [-0.15, -0.1) is 0 Å². The highest BCUT2D eigenvalue weighted by Gasteiger charge is 2.34. The number of hydrogen-bond donors (Lipinski definition) is 1. The van der Waals surface area contributed by atoms with Gasteiger partial charge in [-0.1, -0.05) is 0 Å². The molecule has 0 radical (unpaired) electrons. The second kappa shape index (κ2) is 4.18. The first-order valence-electron chi connectivity index (χ1n) is 4.08. The number of ether oxygens (including phenoxy) is 3. The Labute approximate surface area is 72.4 Å². The zero-order valence-electron chi connectivity index (χ0n) is 7.69. The van der Waals surface area contributed by atoms with Gasteiger partial charge in [0.15, 0.2) is 6.29 Å². The SMILES string of the molecule is CO[C@@H]1O[C@@H](C)[C@H](OC)C[C@H]1O. The fourth-order valence-electron chi connectivity index (χ4n) is 1.43. The zero-order chi connectivity index (χ0) is 9.14. The molecular formula is C8H16O4. The lowest BCUT2D eigenvalue weighted by Crippen LogP contribution is -2.47. The van der Waals surface area contributed by atoms with Crippen LogP contribution < -0.4 is 0 Å². The Morgan fingerprint density at radius 2 is 2.00 bits per heavy atom. The van der Waals surface area contributed by atoms with E-state index >= 15 is 0 Å². The van der Waals surface area contributed by atoms with Crippen LogP contribution in [0, 0.1) is 0 Å². The maximum Gasteiger partial charge on any atom is 0.183 e. The Hall–Kier alpha value is -0.160. The molecule has 4 heteroatoms.